The Morgan fingerprint density at radius 2 is 1.71 bits per heavy atom. The number of amides is 1. The number of benzene rings is 2. The van der Waals surface area contributed by atoms with E-state index in [4.69, 9.17) is 9.72 Å². The highest BCUT2D eigenvalue weighted by Gasteiger charge is 2.27. The lowest BCUT2D eigenvalue weighted by Crippen LogP contribution is -2.44. The van der Waals surface area contributed by atoms with Crippen LogP contribution in [0.1, 0.15) is 33.1 Å². The molecule has 0 aliphatic carbocycles. The molecule has 6 rings (SSSR count). The molecule has 2 aromatic carbocycles. The number of hydrogen-bond acceptors (Lipinski definition) is 9. The van der Waals surface area contributed by atoms with Crippen LogP contribution >= 0.6 is 11.8 Å². The van der Waals surface area contributed by atoms with Gasteiger partial charge in [-0.15, -0.1) is 0 Å². The van der Waals surface area contributed by atoms with Gasteiger partial charge in [-0.05, 0) is 80.3 Å². The molecule has 11 nitrogen and oxygen atoms in total. The Morgan fingerprint density at radius 1 is 0.933 bits per heavy atom. The van der Waals surface area contributed by atoms with Crippen molar-refractivity contribution in [1.82, 2.24) is 24.2 Å². The Morgan fingerprint density at radius 3 is 2.47 bits per heavy atom. The average Bonchev–Trinajstić information content (AvgIpc) is 3.32. The van der Waals surface area contributed by atoms with Crippen LogP contribution < -0.4 is 25.4 Å². The van der Waals surface area contributed by atoms with Crippen LogP contribution in [0.5, 0.6) is 5.75 Å². The standard InChI is InChI=1S/C33H42N8O3S/c1-4-13-40-32(43)27-22-34-33(35-24-7-9-25(10-8-24)38-17-15-37(3)16-18-38)36-31(27)41(40)26-11-12-29-28(21-26)39(30(42)23-44-29)14-6-20-45-19-5-2/h7-12,21-22H,4-6,13-20,23H2,1-3H3,(H,34,35,36). The second kappa shape index (κ2) is 13.9. The zero-order valence-electron chi connectivity index (χ0n) is 26.4. The molecule has 0 saturated carbocycles. The minimum atomic E-state index is -0.148. The van der Waals surface area contributed by atoms with Gasteiger partial charge in [0.05, 0.1) is 11.4 Å². The van der Waals surface area contributed by atoms with Crippen molar-refractivity contribution in [3.8, 4) is 11.4 Å². The summed E-state index contributed by atoms with van der Waals surface area (Å²) >= 11 is 1.91. The van der Waals surface area contributed by atoms with Crippen molar-refractivity contribution in [2.24, 2.45) is 0 Å². The van der Waals surface area contributed by atoms with Gasteiger partial charge in [0.15, 0.2) is 12.3 Å². The molecule has 4 aromatic rings. The minimum absolute atomic E-state index is 0.0278. The van der Waals surface area contributed by atoms with Gasteiger partial charge in [0.2, 0.25) is 5.95 Å². The number of carbonyl (C=O) groups excluding carboxylic acids is 1. The molecule has 0 spiro atoms. The monoisotopic (exact) mass is 630 g/mol. The van der Waals surface area contributed by atoms with Crippen LogP contribution in [-0.2, 0) is 11.3 Å². The van der Waals surface area contributed by atoms with Gasteiger partial charge >= 0.3 is 0 Å². The van der Waals surface area contributed by atoms with Gasteiger partial charge in [-0.2, -0.15) is 16.7 Å². The van der Waals surface area contributed by atoms with E-state index in [-0.39, 0.29) is 18.1 Å². The average molecular weight is 631 g/mol. The lowest BCUT2D eigenvalue weighted by molar-refractivity contribution is -0.121. The molecular weight excluding hydrogens is 588 g/mol. The molecule has 0 atom stereocenters. The summed E-state index contributed by atoms with van der Waals surface area (Å²) in [7, 11) is 2.16. The number of hydrogen-bond donors (Lipinski definition) is 1. The SMILES string of the molecule is CCCSCCCN1C(=O)COc2ccc(-n3c4nc(Nc5ccc(N6CCN(C)CC6)cc5)ncc4c(=O)n3CCC)cc21. The molecule has 2 aliphatic heterocycles. The van der Waals surface area contributed by atoms with Crippen molar-refractivity contribution in [3.05, 3.63) is 59.0 Å². The molecule has 2 aliphatic rings. The van der Waals surface area contributed by atoms with E-state index in [0.29, 0.717) is 35.8 Å². The molecule has 0 bridgehead atoms. The minimum Gasteiger partial charge on any atom is -0.482 e. The van der Waals surface area contributed by atoms with E-state index in [9.17, 15) is 9.59 Å². The third kappa shape index (κ3) is 6.67. The molecule has 1 saturated heterocycles. The van der Waals surface area contributed by atoms with Crippen molar-refractivity contribution in [1.29, 1.82) is 0 Å². The Balaban J connectivity index is 1.31. The number of likely N-dealkylation sites (N-methyl/N-ethyl adjacent to an activating group) is 1. The molecule has 12 heteroatoms. The molecule has 1 N–H and O–H groups in total. The summed E-state index contributed by atoms with van der Waals surface area (Å²) in [5.74, 6) is 3.12. The lowest BCUT2D eigenvalue weighted by atomic mass is 10.2. The van der Waals surface area contributed by atoms with E-state index in [2.05, 4.69) is 46.2 Å². The van der Waals surface area contributed by atoms with Crippen LogP contribution in [0.4, 0.5) is 23.0 Å². The third-order valence-electron chi connectivity index (χ3n) is 8.25. The number of fused-ring (bicyclic) bond motifs is 2. The van der Waals surface area contributed by atoms with E-state index in [1.165, 1.54) is 5.69 Å². The highest BCUT2D eigenvalue weighted by molar-refractivity contribution is 7.99. The maximum Gasteiger partial charge on any atom is 0.278 e. The van der Waals surface area contributed by atoms with Crippen LogP contribution in [0, 0.1) is 0 Å². The molecular formula is C33H42N8O3S. The number of nitrogens with one attached hydrogen (secondary N) is 1. The quantitative estimate of drug-likeness (QED) is 0.222. The van der Waals surface area contributed by atoms with Gasteiger partial charge in [-0.1, -0.05) is 13.8 Å². The summed E-state index contributed by atoms with van der Waals surface area (Å²) in [6.07, 6.45) is 4.40. The van der Waals surface area contributed by atoms with Gasteiger partial charge in [0.1, 0.15) is 11.1 Å². The maximum absolute atomic E-state index is 13.6. The molecule has 1 fully saturated rings. The van der Waals surface area contributed by atoms with E-state index >= 15 is 0 Å². The lowest BCUT2D eigenvalue weighted by Gasteiger charge is -2.34. The number of nitrogens with zero attached hydrogens (tertiary/aromatic N) is 7. The summed E-state index contributed by atoms with van der Waals surface area (Å²) in [4.78, 5) is 42.4. The number of thioether (sulfide) groups is 1. The van der Waals surface area contributed by atoms with E-state index in [1.54, 1.807) is 10.9 Å². The Hall–Kier alpha value is -4.03. The molecule has 4 heterocycles. The van der Waals surface area contributed by atoms with Crippen LogP contribution in [0.2, 0.25) is 0 Å². The van der Waals surface area contributed by atoms with Crippen LogP contribution in [0.3, 0.4) is 0 Å². The van der Waals surface area contributed by atoms with Gasteiger partial charge in [-0.25, -0.2) is 14.3 Å². The number of piperazine rings is 1. The fourth-order valence-corrected chi connectivity index (χ4v) is 6.68. The van der Waals surface area contributed by atoms with Crippen LogP contribution in [0.15, 0.2) is 53.5 Å². The zero-order chi connectivity index (χ0) is 31.3. The van der Waals surface area contributed by atoms with E-state index in [0.717, 1.165) is 74.0 Å². The Kier molecular flexibility index (Phi) is 9.60. The number of anilines is 4. The van der Waals surface area contributed by atoms with Gasteiger partial charge in [0, 0.05) is 56.8 Å². The summed E-state index contributed by atoms with van der Waals surface area (Å²) < 4.78 is 9.34. The summed E-state index contributed by atoms with van der Waals surface area (Å²) in [5, 5.41) is 3.76. The number of aromatic nitrogens is 4. The van der Waals surface area contributed by atoms with Gasteiger partial charge in [-0.3, -0.25) is 9.59 Å². The predicted molar refractivity (Wildman–Crippen MR) is 183 cm³/mol. The summed E-state index contributed by atoms with van der Waals surface area (Å²) in [6, 6.07) is 14.0. The van der Waals surface area contributed by atoms with Crippen LogP contribution in [-0.4, -0.2) is 88.0 Å². The first-order valence-corrected chi connectivity index (χ1v) is 17.1. The topological polar surface area (TPSA) is 101 Å². The van der Waals surface area contributed by atoms with Crippen molar-refractivity contribution < 1.29 is 9.53 Å². The second-order valence-electron chi connectivity index (χ2n) is 11.6. The Bertz CT molecular complexity index is 1690. The summed E-state index contributed by atoms with van der Waals surface area (Å²) in [5.41, 5.74) is 3.87. The Labute approximate surface area is 268 Å². The molecule has 1 amide bonds. The molecule has 0 unspecified atom stereocenters. The first kappa shape index (κ1) is 31.0. The van der Waals surface area contributed by atoms with Gasteiger partial charge in [0.25, 0.3) is 11.5 Å². The van der Waals surface area contributed by atoms with Crippen molar-refractivity contribution in [2.45, 2.75) is 39.7 Å². The van der Waals surface area contributed by atoms with Crippen LogP contribution in [0.25, 0.3) is 16.7 Å². The first-order valence-electron chi connectivity index (χ1n) is 15.9. The molecule has 45 heavy (non-hydrogen) atoms. The third-order valence-corrected chi connectivity index (χ3v) is 9.53. The zero-order valence-corrected chi connectivity index (χ0v) is 27.2. The first-order chi connectivity index (χ1) is 22.0. The smallest absolute Gasteiger partial charge is 0.278 e. The molecule has 0 radical (unpaired) electrons. The fourth-order valence-electron chi connectivity index (χ4n) is 5.85. The normalized spacial score (nSPS) is 15.4. The van der Waals surface area contributed by atoms with Crippen molar-refractivity contribution in [3.63, 3.8) is 0 Å². The predicted octanol–water partition coefficient (Wildman–Crippen LogP) is 4.75. The van der Waals surface area contributed by atoms with Crippen molar-refractivity contribution in [2.75, 3.05) is 73.0 Å². The van der Waals surface area contributed by atoms with Gasteiger partial charge < -0.3 is 24.8 Å². The second-order valence-corrected chi connectivity index (χ2v) is 12.8. The largest absolute Gasteiger partial charge is 0.482 e. The fraction of sp³-hybridized carbons (Fsp3) is 0.455. The molecule has 238 valence electrons. The summed E-state index contributed by atoms with van der Waals surface area (Å²) in [6.45, 7) is 9.49. The molecule has 2 aromatic heterocycles. The van der Waals surface area contributed by atoms with Crippen molar-refractivity contribution >= 4 is 51.7 Å². The highest BCUT2D eigenvalue weighted by atomic mass is 32.2. The van der Waals surface area contributed by atoms with E-state index in [1.807, 2.05) is 58.6 Å². The number of carbonyl (C=O) groups is 1. The number of rotatable bonds is 12. The highest BCUT2D eigenvalue weighted by Crippen LogP contribution is 2.35. The number of ether oxygens (including phenoxy) is 1. The van der Waals surface area contributed by atoms with E-state index < -0.39 is 0 Å². The maximum atomic E-state index is 13.6.